The molecule has 0 aliphatic rings. The van der Waals surface area contributed by atoms with Gasteiger partial charge in [0, 0.05) is 24.1 Å². The van der Waals surface area contributed by atoms with Crippen molar-refractivity contribution in [2.24, 2.45) is 0 Å². The smallest absolute Gasteiger partial charge is 0.315 e. The number of urea groups is 1. The molecule has 0 radical (unpaired) electrons. The monoisotopic (exact) mass is 315 g/mol. The Balaban J connectivity index is 1.78. The van der Waals surface area contributed by atoms with E-state index in [1.807, 2.05) is 39.0 Å². The summed E-state index contributed by atoms with van der Waals surface area (Å²) < 4.78 is 5.12. The largest absolute Gasteiger partial charge is 0.361 e. The molecule has 124 valence electrons. The van der Waals surface area contributed by atoms with E-state index in [0.29, 0.717) is 6.54 Å². The molecule has 2 rings (SSSR count). The minimum atomic E-state index is -0.146. The van der Waals surface area contributed by atoms with Gasteiger partial charge in [-0.05, 0) is 32.8 Å². The summed E-state index contributed by atoms with van der Waals surface area (Å²) in [4.78, 5) is 12.0. The second-order valence-electron chi connectivity index (χ2n) is 5.94. The number of amides is 2. The highest BCUT2D eigenvalue weighted by Crippen LogP contribution is 2.18. The first kappa shape index (κ1) is 17.1. The Hall–Kier alpha value is -2.30. The van der Waals surface area contributed by atoms with Crippen molar-refractivity contribution in [3.05, 3.63) is 52.9 Å². The molecule has 2 aromatic rings. The van der Waals surface area contributed by atoms with E-state index >= 15 is 0 Å². The van der Waals surface area contributed by atoms with Crippen LogP contribution in [-0.2, 0) is 6.42 Å². The van der Waals surface area contributed by atoms with Crippen molar-refractivity contribution in [3.8, 4) is 0 Å². The third-order valence-corrected chi connectivity index (χ3v) is 4.28. The number of benzene rings is 1. The molecule has 0 spiro atoms. The van der Waals surface area contributed by atoms with Gasteiger partial charge in [-0.3, -0.25) is 0 Å². The molecule has 1 heterocycles. The fraction of sp³-hybridized carbons (Fsp3) is 0.444. The SMILES string of the molecule is Cc1noc(C)c1CCNC(=O)N[C@@H](C)[C@H](C)c1ccccc1. The molecule has 1 aromatic heterocycles. The van der Waals surface area contributed by atoms with Gasteiger partial charge in [0.1, 0.15) is 5.76 Å². The number of hydrogen-bond donors (Lipinski definition) is 2. The fourth-order valence-electron chi connectivity index (χ4n) is 2.59. The zero-order valence-electron chi connectivity index (χ0n) is 14.2. The van der Waals surface area contributed by atoms with Crippen LogP contribution < -0.4 is 10.6 Å². The number of hydrogen-bond acceptors (Lipinski definition) is 3. The first-order valence-electron chi connectivity index (χ1n) is 8.00. The van der Waals surface area contributed by atoms with Gasteiger partial charge in [0.15, 0.2) is 0 Å². The molecule has 0 saturated carbocycles. The van der Waals surface area contributed by atoms with Crippen molar-refractivity contribution in [1.82, 2.24) is 15.8 Å². The summed E-state index contributed by atoms with van der Waals surface area (Å²) in [5.74, 6) is 1.07. The molecule has 0 unspecified atom stereocenters. The normalized spacial score (nSPS) is 13.4. The number of carbonyl (C=O) groups is 1. The lowest BCUT2D eigenvalue weighted by molar-refractivity contribution is 0.236. The highest BCUT2D eigenvalue weighted by Gasteiger charge is 2.16. The Kier molecular flexibility index (Phi) is 5.79. The molecule has 2 atom stereocenters. The highest BCUT2D eigenvalue weighted by molar-refractivity contribution is 5.74. The minimum Gasteiger partial charge on any atom is -0.361 e. The zero-order valence-corrected chi connectivity index (χ0v) is 14.2. The summed E-state index contributed by atoms with van der Waals surface area (Å²) in [6, 6.07) is 10.1. The number of carbonyl (C=O) groups excluding carboxylic acids is 1. The molecule has 23 heavy (non-hydrogen) atoms. The Morgan fingerprint density at radius 2 is 1.91 bits per heavy atom. The first-order valence-corrected chi connectivity index (χ1v) is 8.00. The van der Waals surface area contributed by atoms with Crippen LogP contribution in [0.2, 0.25) is 0 Å². The molecule has 0 aliphatic carbocycles. The molecule has 0 saturated heterocycles. The predicted molar refractivity (Wildman–Crippen MR) is 90.5 cm³/mol. The Labute approximate surface area is 137 Å². The number of nitrogens with one attached hydrogen (secondary N) is 2. The van der Waals surface area contributed by atoms with E-state index in [-0.39, 0.29) is 18.0 Å². The van der Waals surface area contributed by atoms with Crippen LogP contribution in [-0.4, -0.2) is 23.8 Å². The van der Waals surface area contributed by atoms with E-state index in [1.54, 1.807) is 0 Å². The summed E-state index contributed by atoms with van der Waals surface area (Å²) in [7, 11) is 0. The van der Waals surface area contributed by atoms with E-state index in [9.17, 15) is 4.79 Å². The maximum Gasteiger partial charge on any atom is 0.315 e. The van der Waals surface area contributed by atoms with Crippen LogP contribution in [0, 0.1) is 13.8 Å². The quantitative estimate of drug-likeness (QED) is 0.859. The van der Waals surface area contributed by atoms with Gasteiger partial charge in [0.25, 0.3) is 0 Å². The lowest BCUT2D eigenvalue weighted by atomic mass is 9.95. The van der Waals surface area contributed by atoms with Crippen molar-refractivity contribution in [2.75, 3.05) is 6.54 Å². The van der Waals surface area contributed by atoms with Crippen LogP contribution in [0.25, 0.3) is 0 Å². The van der Waals surface area contributed by atoms with E-state index in [2.05, 4.69) is 34.8 Å². The standard InChI is InChI=1S/C18H25N3O2/c1-12(16-8-6-5-7-9-16)13(2)20-18(22)19-11-10-17-14(3)21-23-15(17)4/h5-9,12-13H,10-11H2,1-4H3,(H2,19,20,22)/t12-,13-/m0/s1. The van der Waals surface area contributed by atoms with Gasteiger partial charge in [-0.2, -0.15) is 0 Å². The van der Waals surface area contributed by atoms with Crippen LogP contribution in [0.1, 0.15) is 42.3 Å². The highest BCUT2D eigenvalue weighted by atomic mass is 16.5. The van der Waals surface area contributed by atoms with Crippen LogP contribution in [0.5, 0.6) is 0 Å². The predicted octanol–water partition coefficient (Wildman–Crippen LogP) is 3.33. The van der Waals surface area contributed by atoms with Gasteiger partial charge < -0.3 is 15.2 Å². The summed E-state index contributed by atoms with van der Waals surface area (Å²) in [5, 5.41) is 9.81. The molecule has 5 nitrogen and oxygen atoms in total. The van der Waals surface area contributed by atoms with Gasteiger partial charge in [0.2, 0.25) is 0 Å². The molecular weight excluding hydrogens is 290 g/mol. The molecule has 0 aliphatic heterocycles. The van der Waals surface area contributed by atoms with Crippen molar-refractivity contribution < 1.29 is 9.32 Å². The number of aromatic nitrogens is 1. The van der Waals surface area contributed by atoms with E-state index in [1.165, 1.54) is 5.56 Å². The number of nitrogens with zero attached hydrogens (tertiary/aromatic N) is 1. The molecule has 1 aromatic carbocycles. The average molecular weight is 315 g/mol. The molecular formula is C18H25N3O2. The molecule has 2 amide bonds. The third-order valence-electron chi connectivity index (χ3n) is 4.28. The summed E-state index contributed by atoms with van der Waals surface area (Å²) in [5.41, 5.74) is 3.17. The summed E-state index contributed by atoms with van der Waals surface area (Å²) >= 11 is 0. The molecule has 0 fully saturated rings. The van der Waals surface area contributed by atoms with Gasteiger partial charge in [-0.1, -0.05) is 42.4 Å². The van der Waals surface area contributed by atoms with Crippen LogP contribution >= 0.6 is 0 Å². The minimum absolute atomic E-state index is 0.0523. The Bertz CT molecular complexity index is 617. The summed E-state index contributed by atoms with van der Waals surface area (Å²) in [6.07, 6.45) is 0.719. The fourth-order valence-corrected chi connectivity index (χ4v) is 2.59. The van der Waals surface area contributed by atoms with Crippen molar-refractivity contribution >= 4 is 6.03 Å². The van der Waals surface area contributed by atoms with Gasteiger partial charge in [-0.15, -0.1) is 0 Å². The van der Waals surface area contributed by atoms with Gasteiger partial charge in [0.05, 0.1) is 5.69 Å². The Morgan fingerprint density at radius 1 is 1.22 bits per heavy atom. The molecule has 2 N–H and O–H groups in total. The second-order valence-corrected chi connectivity index (χ2v) is 5.94. The maximum atomic E-state index is 12.0. The maximum absolute atomic E-state index is 12.0. The lowest BCUT2D eigenvalue weighted by Crippen LogP contribution is -2.43. The van der Waals surface area contributed by atoms with Crippen LogP contribution in [0.15, 0.2) is 34.9 Å². The molecule has 0 bridgehead atoms. The van der Waals surface area contributed by atoms with E-state index < -0.39 is 0 Å². The van der Waals surface area contributed by atoms with Gasteiger partial charge in [-0.25, -0.2) is 4.79 Å². The topological polar surface area (TPSA) is 67.2 Å². The lowest BCUT2D eigenvalue weighted by Gasteiger charge is -2.22. The average Bonchev–Trinajstić information content (AvgIpc) is 2.86. The zero-order chi connectivity index (χ0) is 16.8. The molecule has 5 heteroatoms. The van der Waals surface area contributed by atoms with Crippen LogP contribution in [0.3, 0.4) is 0 Å². The number of aryl methyl sites for hydroxylation is 2. The van der Waals surface area contributed by atoms with Crippen molar-refractivity contribution in [1.29, 1.82) is 0 Å². The van der Waals surface area contributed by atoms with Crippen LogP contribution in [0.4, 0.5) is 4.79 Å². The van der Waals surface area contributed by atoms with Crippen molar-refractivity contribution in [3.63, 3.8) is 0 Å². The Morgan fingerprint density at radius 3 is 2.52 bits per heavy atom. The van der Waals surface area contributed by atoms with E-state index in [0.717, 1.165) is 23.4 Å². The third kappa shape index (κ3) is 4.58. The van der Waals surface area contributed by atoms with Gasteiger partial charge >= 0.3 is 6.03 Å². The van der Waals surface area contributed by atoms with E-state index in [4.69, 9.17) is 4.52 Å². The first-order chi connectivity index (χ1) is 11.0. The summed E-state index contributed by atoms with van der Waals surface area (Å²) in [6.45, 7) is 8.49. The van der Waals surface area contributed by atoms with Crippen molar-refractivity contribution in [2.45, 2.75) is 46.1 Å². The number of rotatable bonds is 6. The second kappa shape index (κ2) is 7.81.